The maximum absolute atomic E-state index is 5.91. The molecule has 138 valence electrons. The zero-order chi connectivity index (χ0) is 18.6. The number of benzene rings is 2. The second-order valence-electron chi connectivity index (χ2n) is 6.45. The third-order valence-corrected chi connectivity index (χ3v) is 4.96. The van der Waals surface area contributed by atoms with Crippen molar-refractivity contribution in [1.82, 2.24) is 9.97 Å². The minimum Gasteiger partial charge on any atom is -0.457 e. The molecule has 2 aromatic carbocycles. The van der Waals surface area contributed by atoms with Crippen molar-refractivity contribution >= 4 is 23.1 Å². The van der Waals surface area contributed by atoms with E-state index in [0.717, 1.165) is 48.1 Å². The third-order valence-electron chi connectivity index (χ3n) is 4.71. The molecule has 1 N–H and O–H groups in total. The first kappa shape index (κ1) is 17.6. The van der Waals surface area contributed by atoms with Gasteiger partial charge in [0.15, 0.2) is 0 Å². The molecule has 3 aromatic rings. The van der Waals surface area contributed by atoms with Gasteiger partial charge in [0.25, 0.3) is 0 Å². The molecule has 2 heterocycles. The molecular weight excluding hydrogens is 360 g/mol. The fourth-order valence-corrected chi connectivity index (χ4v) is 3.43. The number of anilines is 2. The van der Waals surface area contributed by atoms with Gasteiger partial charge in [0, 0.05) is 35.6 Å². The number of fused-ring (bicyclic) bond motifs is 1. The standard InChI is InChI=1S/C21H21ClN4O/c1-2-26-12-11-20(19-13-23-14-24-21(19)26)25-16-5-9-18(10-6-16)27-17-7-3-15(22)4-8-17/h3-10,13-14,20,25H,2,11-12H2,1H3. The molecule has 5 nitrogen and oxygen atoms in total. The number of nitrogens with one attached hydrogen (secondary N) is 1. The Labute approximate surface area is 164 Å². The smallest absolute Gasteiger partial charge is 0.137 e. The lowest BCUT2D eigenvalue weighted by atomic mass is 10.0. The van der Waals surface area contributed by atoms with Gasteiger partial charge in [0.1, 0.15) is 23.6 Å². The molecule has 1 aliphatic heterocycles. The van der Waals surface area contributed by atoms with Crippen LogP contribution >= 0.6 is 11.6 Å². The van der Waals surface area contributed by atoms with E-state index in [0.29, 0.717) is 5.02 Å². The molecule has 0 aliphatic carbocycles. The molecule has 1 unspecified atom stereocenters. The number of aromatic nitrogens is 2. The topological polar surface area (TPSA) is 50.3 Å². The van der Waals surface area contributed by atoms with Crippen LogP contribution in [0.3, 0.4) is 0 Å². The fraction of sp³-hybridized carbons (Fsp3) is 0.238. The Morgan fingerprint density at radius 2 is 1.81 bits per heavy atom. The summed E-state index contributed by atoms with van der Waals surface area (Å²) in [5.41, 5.74) is 2.19. The van der Waals surface area contributed by atoms with Crippen LogP contribution in [0.1, 0.15) is 24.9 Å². The molecular formula is C21H21ClN4O. The van der Waals surface area contributed by atoms with Gasteiger partial charge in [0.05, 0.1) is 6.04 Å². The van der Waals surface area contributed by atoms with Crippen LogP contribution in [0.5, 0.6) is 11.5 Å². The summed E-state index contributed by atoms with van der Waals surface area (Å²) in [4.78, 5) is 11.0. The number of rotatable bonds is 5. The van der Waals surface area contributed by atoms with Crippen molar-refractivity contribution < 1.29 is 4.74 Å². The van der Waals surface area contributed by atoms with E-state index in [-0.39, 0.29) is 6.04 Å². The first-order chi connectivity index (χ1) is 13.2. The summed E-state index contributed by atoms with van der Waals surface area (Å²) >= 11 is 5.91. The highest BCUT2D eigenvalue weighted by Gasteiger charge is 2.25. The van der Waals surface area contributed by atoms with Crippen LogP contribution in [0.4, 0.5) is 11.5 Å². The van der Waals surface area contributed by atoms with Gasteiger partial charge in [-0.2, -0.15) is 0 Å². The minimum atomic E-state index is 0.201. The second kappa shape index (κ2) is 7.84. The summed E-state index contributed by atoms with van der Waals surface area (Å²) < 4.78 is 5.85. The zero-order valence-electron chi connectivity index (χ0n) is 15.1. The van der Waals surface area contributed by atoms with E-state index in [4.69, 9.17) is 16.3 Å². The molecule has 0 amide bonds. The molecule has 1 aromatic heterocycles. The van der Waals surface area contributed by atoms with Crippen molar-refractivity contribution in [2.24, 2.45) is 0 Å². The Balaban J connectivity index is 1.46. The third kappa shape index (κ3) is 3.98. The van der Waals surface area contributed by atoms with Crippen molar-refractivity contribution in [3.63, 3.8) is 0 Å². The summed E-state index contributed by atoms with van der Waals surface area (Å²) in [6.45, 7) is 4.09. The van der Waals surface area contributed by atoms with Gasteiger partial charge in [-0.3, -0.25) is 0 Å². The van der Waals surface area contributed by atoms with Crippen LogP contribution in [0, 0.1) is 0 Å². The van der Waals surface area contributed by atoms with Crippen molar-refractivity contribution in [2.45, 2.75) is 19.4 Å². The van der Waals surface area contributed by atoms with E-state index >= 15 is 0 Å². The summed E-state index contributed by atoms with van der Waals surface area (Å²) in [6, 6.07) is 15.5. The van der Waals surface area contributed by atoms with Crippen LogP contribution < -0.4 is 15.0 Å². The molecule has 0 saturated carbocycles. The Bertz CT molecular complexity index is 899. The SMILES string of the molecule is CCN1CCC(Nc2ccc(Oc3ccc(Cl)cc3)cc2)c2cncnc21. The van der Waals surface area contributed by atoms with Crippen molar-refractivity contribution in [2.75, 3.05) is 23.3 Å². The Morgan fingerprint density at radius 3 is 2.52 bits per heavy atom. The quantitative estimate of drug-likeness (QED) is 0.650. The molecule has 27 heavy (non-hydrogen) atoms. The zero-order valence-corrected chi connectivity index (χ0v) is 15.9. The van der Waals surface area contributed by atoms with Gasteiger partial charge >= 0.3 is 0 Å². The van der Waals surface area contributed by atoms with E-state index in [2.05, 4.69) is 27.1 Å². The highest BCUT2D eigenvalue weighted by Crippen LogP contribution is 2.34. The monoisotopic (exact) mass is 380 g/mol. The molecule has 0 fully saturated rings. The minimum absolute atomic E-state index is 0.201. The molecule has 1 atom stereocenters. The first-order valence-electron chi connectivity index (χ1n) is 9.08. The number of halogens is 1. The maximum Gasteiger partial charge on any atom is 0.137 e. The normalized spacial score (nSPS) is 15.9. The Morgan fingerprint density at radius 1 is 1.11 bits per heavy atom. The molecule has 4 rings (SSSR count). The second-order valence-corrected chi connectivity index (χ2v) is 6.88. The predicted molar refractivity (Wildman–Crippen MR) is 109 cm³/mol. The van der Waals surface area contributed by atoms with Gasteiger partial charge in [-0.25, -0.2) is 9.97 Å². The van der Waals surface area contributed by atoms with Crippen molar-refractivity contribution in [1.29, 1.82) is 0 Å². The highest BCUT2D eigenvalue weighted by molar-refractivity contribution is 6.30. The van der Waals surface area contributed by atoms with Crippen LogP contribution in [0.25, 0.3) is 0 Å². The Kier molecular flexibility index (Phi) is 5.12. The summed E-state index contributed by atoms with van der Waals surface area (Å²) in [6.07, 6.45) is 4.55. The molecule has 0 saturated heterocycles. The molecule has 0 spiro atoms. The Hall–Kier alpha value is -2.79. The van der Waals surface area contributed by atoms with Gasteiger partial charge in [0.2, 0.25) is 0 Å². The summed E-state index contributed by atoms with van der Waals surface area (Å²) in [7, 11) is 0. The van der Waals surface area contributed by atoms with Gasteiger partial charge in [-0.1, -0.05) is 11.6 Å². The van der Waals surface area contributed by atoms with E-state index < -0.39 is 0 Å². The lowest BCUT2D eigenvalue weighted by molar-refractivity contribution is 0.482. The lowest BCUT2D eigenvalue weighted by Gasteiger charge is -2.34. The maximum atomic E-state index is 5.91. The van der Waals surface area contributed by atoms with E-state index in [1.165, 1.54) is 0 Å². The van der Waals surface area contributed by atoms with E-state index in [1.807, 2.05) is 54.7 Å². The van der Waals surface area contributed by atoms with Gasteiger partial charge in [-0.15, -0.1) is 0 Å². The van der Waals surface area contributed by atoms with Crippen LogP contribution in [-0.2, 0) is 0 Å². The number of nitrogens with zero attached hydrogens (tertiary/aromatic N) is 3. The summed E-state index contributed by atoms with van der Waals surface area (Å²) in [5.74, 6) is 2.57. The number of hydrogen-bond acceptors (Lipinski definition) is 5. The highest BCUT2D eigenvalue weighted by atomic mass is 35.5. The lowest BCUT2D eigenvalue weighted by Crippen LogP contribution is -2.34. The van der Waals surface area contributed by atoms with Crippen LogP contribution in [-0.4, -0.2) is 23.1 Å². The fourth-order valence-electron chi connectivity index (χ4n) is 3.31. The van der Waals surface area contributed by atoms with Crippen LogP contribution in [0.15, 0.2) is 61.1 Å². The average molecular weight is 381 g/mol. The molecule has 0 radical (unpaired) electrons. The van der Waals surface area contributed by atoms with Crippen molar-refractivity contribution in [3.05, 3.63) is 71.6 Å². The number of hydrogen-bond donors (Lipinski definition) is 1. The molecule has 0 bridgehead atoms. The molecule has 6 heteroatoms. The van der Waals surface area contributed by atoms with E-state index in [9.17, 15) is 0 Å². The van der Waals surface area contributed by atoms with Gasteiger partial charge in [-0.05, 0) is 61.9 Å². The largest absolute Gasteiger partial charge is 0.457 e. The van der Waals surface area contributed by atoms with Crippen molar-refractivity contribution in [3.8, 4) is 11.5 Å². The molecule has 1 aliphatic rings. The average Bonchev–Trinajstić information content (AvgIpc) is 2.71. The summed E-state index contributed by atoms with van der Waals surface area (Å²) in [5, 5.41) is 4.30. The van der Waals surface area contributed by atoms with E-state index in [1.54, 1.807) is 6.33 Å². The number of ether oxygens (including phenoxy) is 1. The predicted octanol–water partition coefficient (Wildman–Crippen LogP) is 5.31. The van der Waals surface area contributed by atoms with Gasteiger partial charge < -0.3 is 15.0 Å². The first-order valence-corrected chi connectivity index (χ1v) is 9.45. The van der Waals surface area contributed by atoms with Crippen LogP contribution in [0.2, 0.25) is 5.02 Å².